The molecule has 0 aliphatic heterocycles. The summed E-state index contributed by atoms with van der Waals surface area (Å²) in [6, 6.07) is 7.23. The lowest BCUT2D eigenvalue weighted by Crippen LogP contribution is -2.26. The summed E-state index contributed by atoms with van der Waals surface area (Å²) < 4.78 is -1.93. The molecule has 1 N–H and O–H groups in total. The monoisotopic (exact) mass is 251 g/mol. The Kier molecular flexibility index (Phi) is 3.65. The minimum absolute atomic E-state index is 0.612. The van der Waals surface area contributed by atoms with Crippen LogP contribution in [0.3, 0.4) is 0 Å². The number of hydrogen-bond acceptors (Lipinski definition) is 1. The number of halogens is 3. The van der Waals surface area contributed by atoms with Crippen LogP contribution in [-0.2, 0) is 4.79 Å². The smallest absolute Gasteiger partial charge is 0.276 e. The molecule has 0 atom stereocenters. The normalized spacial score (nSPS) is 11.1. The van der Waals surface area contributed by atoms with E-state index in [1.54, 1.807) is 12.1 Å². The molecule has 0 radical (unpaired) electrons. The van der Waals surface area contributed by atoms with Gasteiger partial charge in [0.15, 0.2) is 0 Å². The van der Waals surface area contributed by atoms with Crippen LogP contribution in [-0.4, -0.2) is 9.70 Å². The Hall–Kier alpha value is -0.440. The quantitative estimate of drug-likeness (QED) is 0.764. The highest BCUT2D eigenvalue weighted by Crippen LogP contribution is 2.27. The van der Waals surface area contributed by atoms with Crippen LogP contribution in [0.2, 0.25) is 0 Å². The number of alkyl halides is 3. The summed E-state index contributed by atoms with van der Waals surface area (Å²) in [4.78, 5) is 11.2. The van der Waals surface area contributed by atoms with Crippen LogP contribution in [0.5, 0.6) is 0 Å². The number of anilines is 1. The first-order valence-corrected chi connectivity index (χ1v) is 4.98. The lowest BCUT2D eigenvalue weighted by atomic mass is 10.2. The first-order chi connectivity index (χ1) is 6.39. The van der Waals surface area contributed by atoms with Crippen molar-refractivity contribution in [2.75, 3.05) is 5.32 Å². The molecule has 0 saturated carbocycles. The summed E-state index contributed by atoms with van der Waals surface area (Å²) >= 11 is 16.2. The average Bonchev–Trinajstić information content (AvgIpc) is 2.02. The van der Waals surface area contributed by atoms with E-state index in [2.05, 4.69) is 5.32 Å². The summed E-state index contributed by atoms with van der Waals surface area (Å²) in [5.41, 5.74) is 1.63. The fraction of sp³-hybridized carbons (Fsp3) is 0.222. The van der Waals surface area contributed by atoms with E-state index < -0.39 is 9.70 Å². The number of nitrogens with one attached hydrogen (secondary N) is 1. The largest absolute Gasteiger partial charge is 0.322 e. The van der Waals surface area contributed by atoms with Crippen molar-refractivity contribution < 1.29 is 4.79 Å². The highest BCUT2D eigenvalue weighted by Gasteiger charge is 2.30. The lowest BCUT2D eigenvalue weighted by molar-refractivity contribution is -0.115. The molecule has 0 aliphatic carbocycles. The van der Waals surface area contributed by atoms with Crippen LogP contribution in [0.25, 0.3) is 0 Å². The van der Waals surface area contributed by atoms with Gasteiger partial charge < -0.3 is 5.32 Å². The van der Waals surface area contributed by atoms with Gasteiger partial charge in [0.25, 0.3) is 9.70 Å². The molecule has 0 fully saturated rings. The maximum absolute atomic E-state index is 11.2. The third kappa shape index (κ3) is 3.37. The molecule has 1 aromatic carbocycles. The van der Waals surface area contributed by atoms with E-state index in [9.17, 15) is 4.79 Å². The summed E-state index contributed by atoms with van der Waals surface area (Å²) in [6.45, 7) is 1.91. The molecular weight excluding hydrogens is 244 g/mol. The zero-order valence-corrected chi connectivity index (χ0v) is 9.62. The van der Waals surface area contributed by atoms with Crippen molar-refractivity contribution >= 4 is 46.4 Å². The van der Waals surface area contributed by atoms with E-state index in [4.69, 9.17) is 34.8 Å². The van der Waals surface area contributed by atoms with Gasteiger partial charge in [0.05, 0.1) is 0 Å². The Morgan fingerprint density at radius 3 is 2.50 bits per heavy atom. The Balaban J connectivity index is 2.75. The van der Waals surface area contributed by atoms with E-state index in [0.29, 0.717) is 5.69 Å². The molecular formula is C9H8Cl3NO. The number of rotatable bonds is 1. The van der Waals surface area contributed by atoms with Crippen molar-refractivity contribution in [2.45, 2.75) is 10.7 Å². The zero-order valence-electron chi connectivity index (χ0n) is 7.35. The van der Waals surface area contributed by atoms with Gasteiger partial charge in [-0.05, 0) is 24.6 Å². The van der Waals surface area contributed by atoms with Crippen LogP contribution in [0.15, 0.2) is 24.3 Å². The standard InChI is InChI=1S/C9H8Cl3NO/c1-6-3-2-4-7(5-6)13-8(14)9(10,11)12/h2-5H,1H3,(H,13,14). The Morgan fingerprint density at radius 1 is 1.36 bits per heavy atom. The molecule has 0 aromatic heterocycles. The van der Waals surface area contributed by atoms with Gasteiger partial charge in [-0.15, -0.1) is 0 Å². The molecule has 0 spiro atoms. The van der Waals surface area contributed by atoms with Crippen LogP contribution >= 0.6 is 34.8 Å². The van der Waals surface area contributed by atoms with Crippen LogP contribution in [0, 0.1) is 6.92 Å². The fourth-order valence-corrected chi connectivity index (χ4v) is 1.07. The third-order valence-electron chi connectivity index (χ3n) is 1.53. The summed E-state index contributed by atoms with van der Waals surface area (Å²) in [5, 5.41) is 2.49. The molecule has 1 rings (SSSR count). The van der Waals surface area contributed by atoms with Crippen molar-refractivity contribution in [1.29, 1.82) is 0 Å². The number of carbonyl (C=O) groups excluding carboxylic acids is 1. The number of amides is 1. The highest BCUT2D eigenvalue weighted by atomic mass is 35.6. The summed E-state index contributed by atoms with van der Waals surface area (Å²) in [5.74, 6) is -0.659. The minimum Gasteiger partial charge on any atom is -0.322 e. The van der Waals surface area contributed by atoms with Gasteiger partial charge >= 0.3 is 0 Å². The Labute approximate surface area is 97.1 Å². The maximum Gasteiger partial charge on any atom is 0.276 e. The molecule has 0 saturated heterocycles. The predicted molar refractivity (Wildman–Crippen MR) is 60.1 cm³/mol. The molecule has 0 heterocycles. The fourth-order valence-electron chi connectivity index (χ4n) is 0.925. The van der Waals surface area contributed by atoms with E-state index in [1.165, 1.54) is 0 Å². The number of carbonyl (C=O) groups is 1. The Morgan fingerprint density at radius 2 is 2.00 bits per heavy atom. The second-order valence-electron chi connectivity index (χ2n) is 2.82. The second-order valence-corrected chi connectivity index (χ2v) is 5.10. The second kappa shape index (κ2) is 4.39. The van der Waals surface area contributed by atoms with Crippen LogP contribution in [0.1, 0.15) is 5.56 Å². The predicted octanol–water partition coefficient (Wildman–Crippen LogP) is 3.30. The van der Waals surface area contributed by atoms with E-state index in [0.717, 1.165) is 5.56 Å². The third-order valence-corrected chi connectivity index (χ3v) is 2.05. The van der Waals surface area contributed by atoms with E-state index >= 15 is 0 Å². The topological polar surface area (TPSA) is 29.1 Å². The zero-order chi connectivity index (χ0) is 10.8. The molecule has 0 aliphatic rings. The van der Waals surface area contributed by atoms with E-state index in [1.807, 2.05) is 19.1 Å². The summed E-state index contributed by atoms with van der Waals surface area (Å²) in [6.07, 6.45) is 0. The molecule has 1 amide bonds. The van der Waals surface area contributed by atoms with Gasteiger partial charge in [-0.25, -0.2) is 0 Å². The van der Waals surface area contributed by atoms with Gasteiger partial charge in [0, 0.05) is 5.69 Å². The van der Waals surface area contributed by atoms with Crippen LogP contribution in [0.4, 0.5) is 5.69 Å². The van der Waals surface area contributed by atoms with Crippen molar-refractivity contribution in [3.63, 3.8) is 0 Å². The molecule has 1 aromatic rings. The number of benzene rings is 1. The Bertz CT molecular complexity index is 346. The number of aryl methyl sites for hydroxylation is 1. The van der Waals surface area contributed by atoms with Gasteiger partial charge in [-0.2, -0.15) is 0 Å². The molecule has 0 bridgehead atoms. The molecule has 2 nitrogen and oxygen atoms in total. The first kappa shape index (κ1) is 11.6. The van der Waals surface area contributed by atoms with Crippen LogP contribution < -0.4 is 5.32 Å². The van der Waals surface area contributed by atoms with Crippen molar-refractivity contribution in [2.24, 2.45) is 0 Å². The SMILES string of the molecule is Cc1cccc(NC(=O)C(Cl)(Cl)Cl)c1. The number of hydrogen-bond donors (Lipinski definition) is 1. The van der Waals surface area contributed by atoms with Crippen molar-refractivity contribution in [3.05, 3.63) is 29.8 Å². The van der Waals surface area contributed by atoms with E-state index in [-0.39, 0.29) is 0 Å². The molecule has 0 unspecified atom stereocenters. The van der Waals surface area contributed by atoms with Crippen molar-refractivity contribution in [3.8, 4) is 0 Å². The van der Waals surface area contributed by atoms with Gasteiger partial charge in [0.2, 0.25) is 0 Å². The van der Waals surface area contributed by atoms with Crippen molar-refractivity contribution in [1.82, 2.24) is 0 Å². The molecule has 5 heteroatoms. The highest BCUT2D eigenvalue weighted by molar-refractivity contribution is 6.76. The molecule has 76 valence electrons. The first-order valence-electron chi connectivity index (χ1n) is 3.84. The average molecular weight is 253 g/mol. The summed E-state index contributed by atoms with van der Waals surface area (Å²) in [7, 11) is 0. The maximum atomic E-state index is 11.2. The minimum atomic E-state index is -1.93. The van der Waals surface area contributed by atoms with Gasteiger partial charge in [-0.1, -0.05) is 46.9 Å². The van der Waals surface area contributed by atoms with Gasteiger partial charge in [0.1, 0.15) is 0 Å². The van der Waals surface area contributed by atoms with Gasteiger partial charge in [-0.3, -0.25) is 4.79 Å². The molecule has 14 heavy (non-hydrogen) atoms. The lowest BCUT2D eigenvalue weighted by Gasteiger charge is -2.11.